The Bertz CT molecular complexity index is 994. The Morgan fingerprint density at radius 3 is 2.55 bits per heavy atom. The Kier molecular flexibility index (Phi) is 6.04. The first-order chi connectivity index (χ1) is 14.0. The number of hydrogen-bond acceptors (Lipinski definition) is 6. The van der Waals surface area contributed by atoms with E-state index in [1.807, 2.05) is 15.9 Å². The molecule has 1 heterocycles. The summed E-state index contributed by atoms with van der Waals surface area (Å²) >= 11 is 0. The second kappa shape index (κ2) is 8.84. The van der Waals surface area contributed by atoms with Crippen LogP contribution >= 0.6 is 0 Å². The predicted octanol–water partition coefficient (Wildman–Crippen LogP) is 2.90. The third kappa shape index (κ3) is 4.87. The molecule has 1 fully saturated rings. The Hall–Kier alpha value is -3.93. The van der Waals surface area contributed by atoms with Gasteiger partial charge in [0.1, 0.15) is 17.5 Å². The number of nitrogens with zero attached hydrogens (tertiary/aromatic N) is 4. The van der Waals surface area contributed by atoms with Crippen LogP contribution in [0.1, 0.15) is 0 Å². The second-order valence-corrected chi connectivity index (χ2v) is 6.39. The van der Waals surface area contributed by atoms with E-state index in [4.69, 9.17) is 0 Å². The van der Waals surface area contributed by atoms with Crippen molar-refractivity contribution in [2.24, 2.45) is 0 Å². The number of benzene rings is 2. The molecule has 8 nitrogen and oxygen atoms in total. The number of nitro groups is 1. The Morgan fingerprint density at radius 2 is 1.90 bits per heavy atom. The summed E-state index contributed by atoms with van der Waals surface area (Å²) < 4.78 is 13.9. The number of carbonyl (C=O) groups is 1. The van der Waals surface area contributed by atoms with E-state index in [2.05, 4.69) is 5.32 Å². The molecule has 0 aliphatic carbocycles. The van der Waals surface area contributed by atoms with Crippen LogP contribution < -0.4 is 10.2 Å². The van der Waals surface area contributed by atoms with Gasteiger partial charge in [-0.15, -0.1) is 0 Å². The topological polar surface area (TPSA) is 103 Å². The van der Waals surface area contributed by atoms with Crippen molar-refractivity contribution in [2.75, 3.05) is 36.4 Å². The zero-order valence-electron chi connectivity index (χ0n) is 15.4. The zero-order valence-corrected chi connectivity index (χ0v) is 15.4. The molecule has 0 unspecified atom stereocenters. The third-order valence-electron chi connectivity index (χ3n) is 4.50. The lowest BCUT2D eigenvalue weighted by molar-refractivity contribution is -0.384. The average molecular weight is 395 g/mol. The van der Waals surface area contributed by atoms with E-state index >= 15 is 0 Å². The van der Waals surface area contributed by atoms with Crippen molar-refractivity contribution in [3.63, 3.8) is 0 Å². The van der Waals surface area contributed by atoms with Gasteiger partial charge in [0.15, 0.2) is 0 Å². The predicted molar refractivity (Wildman–Crippen MR) is 106 cm³/mol. The van der Waals surface area contributed by atoms with Gasteiger partial charge >= 0.3 is 0 Å². The van der Waals surface area contributed by atoms with Crippen molar-refractivity contribution in [3.8, 4) is 6.07 Å². The van der Waals surface area contributed by atoms with Crippen molar-refractivity contribution in [3.05, 3.63) is 76.2 Å². The van der Waals surface area contributed by atoms with E-state index in [9.17, 15) is 24.6 Å². The van der Waals surface area contributed by atoms with Gasteiger partial charge in [0.25, 0.3) is 11.6 Å². The minimum Gasteiger partial charge on any atom is -0.373 e. The fourth-order valence-electron chi connectivity index (χ4n) is 3.02. The molecule has 3 rings (SSSR count). The van der Waals surface area contributed by atoms with Gasteiger partial charge in [-0.25, -0.2) is 4.39 Å². The van der Waals surface area contributed by atoms with E-state index < -0.39 is 10.8 Å². The minimum absolute atomic E-state index is 0.115. The first-order valence-corrected chi connectivity index (χ1v) is 8.89. The summed E-state index contributed by atoms with van der Waals surface area (Å²) in [5, 5.41) is 22.7. The average Bonchev–Trinajstić information content (AvgIpc) is 2.73. The largest absolute Gasteiger partial charge is 0.373 e. The molecular formula is C20H18FN5O3. The fourth-order valence-corrected chi connectivity index (χ4v) is 3.02. The van der Waals surface area contributed by atoms with Gasteiger partial charge in [-0.3, -0.25) is 14.9 Å². The molecule has 0 spiro atoms. The van der Waals surface area contributed by atoms with Gasteiger partial charge in [0.2, 0.25) is 0 Å². The molecule has 29 heavy (non-hydrogen) atoms. The van der Waals surface area contributed by atoms with Crippen LogP contribution in [0.15, 0.2) is 60.3 Å². The second-order valence-electron chi connectivity index (χ2n) is 6.39. The number of amides is 1. The number of non-ortho nitro benzene ring substituents is 1. The Morgan fingerprint density at radius 1 is 1.17 bits per heavy atom. The van der Waals surface area contributed by atoms with Crippen LogP contribution in [0, 0.1) is 27.3 Å². The monoisotopic (exact) mass is 395 g/mol. The Balaban J connectivity index is 1.64. The summed E-state index contributed by atoms with van der Waals surface area (Å²) in [5.41, 5.74) is 0.486. The van der Waals surface area contributed by atoms with Crippen LogP contribution in [0.4, 0.5) is 21.5 Å². The fraction of sp³-hybridized carbons (Fsp3) is 0.200. The van der Waals surface area contributed by atoms with Crippen LogP contribution in [-0.2, 0) is 4.79 Å². The number of para-hydroxylation sites is 1. The Labute approximate surface area is 166 Å². The molecule has 1 aliphatic rings. The quantitative estimate of drug-likeness (QED) is 0.361. The summed E-state index contributed by atoms with van der Waals surface area (Å²) in [6.07, 6.45) is 1.46. The third-order valence-corrected chi connectivity index (χ3v) is 4.50. The van der Waals surface area contributed by atoms with Crippen LogP contribution in [-0.4, -0.2) is 41.9 Å². The molecule has 0 atom stereocenters. The number of rotatable bonds is 5. The minimum atomic E-state index is -0.649. The SMILES string of the molecule is N#C/C(=C/N1CCN(c2ccccc2F)CC1)C(=O)Nc1cccc([N+](=O)[O-])c1. The molecule has 0 radical (unpaired) electrons. The number of carbonyl (C=O) groups excluding carboxylic acids is 1. The molecule has 148 valence electrons. The summed E-state index contributed by atoms with van der Waals surface area (Å²) in [7, 11) is 0. The van der Waals surface area contributed by atoms with Crippen molar-refractivity contribution >= 4 is 23.0 Å². The number of anilines is 2. The number of nitro benzene ring substituents is 1. The number of piperazine rings is 1. The summed E-state index contributed by atoms with van der Waals surface area (Å²) in [4.78, 5) is 26.4. The van der Waals surface area contributed by atoms with Gasteiger partial charge < -0.3 is 15.1 Å². The highest BCUT2D eigenvalue weighted by Crippen LogP contribution is 2.21. The lowest BCUT2D eigenvalue weighted by atomic mass is 10.2. The molecule has 1 amide bonds. The van der Waals surface area contributed by atoms with Gasteiger partial charge in [0.05, 0.1) is 10.6 Å². The van der Waals surface area contributed by atoms with Crippen LogP contribution in [0.25, 0.3) is 0 Å². The number of nitrogens with one attached hydrogen (secondary N) is 1. The van der Waals surface area contributed by atoms with Crippen LogP contribution in [0.3, 0.4) is 0 Å². The molecule has 2 aromatic rings. The molecule has 1 N–H and O–H groups in total. The maximum Gasteiger partial charge on any atom is 0.271 e. The van der Waals surface area contributed by atoms with Crippen molar-refractivity contribution in [1.29, 1.82) is 5.26 Å². The standard InChI is InChI=1S/C20H18FN5O3/c21-18-6-1-2-7-19(18)25-10-8-24(9-11-25)14-15(13-22)20(27)23-16-4-3-5-17(12-16)26(28)29/h1-7,12,14H,8-11H2,(H,23,27)/b15-14-. The van der Waals surface area contributed by atoms with E-state index in [1.165, 1.54) is 36.5 Å². The van der Waals surface area contributed by atoms with Crippen molar-refractivity contribution in [2.45, 2.75) is 0 Å². The maximum absolute atomic E-state index is 13.9. The van der Waals surface area contributed by atoms with E-state index in [0.717, 1.165) is 0 Å². The highest BCUT2D eigenvalue weighted by molar-refractivity contribution is 6.06. The first-order valence-electron chi connectivity index (χ1n) is 8.89. The summed E-state index contributed by atoms with van der Waals surface area (Å²) in [6.45, 7) is 2.12. The molecular weight excluding hydrogens is 377 g/mol. The number of halogens is 1. The van der Waals surface area contributed by atoms with Crippen LogP contribution in [0.5, 0.6) is 0 Å². The number of hydrogen-bond donors (Lipinski definition) is 1. The van der Waals surface area contributed by atoms with E-state index in [1.54, 1.807) is 18.2 Å². The summed E-state index contributed by atoms with van der Waals surface area (Å²) in [5.74, 6) is -0.935. The van der Waals surface area contributed by atoms with Gasteiger partial charge in [-0.05, 0) is 18.2 Å². The van der Waals surface area contributed by atoms with Crippen LogP contribution in [0.2, 0.25) is 0 Å². The van der Waals surface area contributed by atoms with E-state index in [-0.39, 0.29) is 22.8 Å². The van der Waals surface area contributed by atoms with Crippen molar-refractivity contribution < 1.29 is 14.1 Å². The highest BCUT2D eigenvalue weighted by Gasteiger charge is 2.19. The van der Waals surface area contributed by atoms with Gasteiger partial charge in [0, 0.05) is 50.2 Å². The summed E-state index contributed by atoms with van der Waals surface area (Å²) in [6, 6.07) is 13.9. The molecule has 0 saturated carbocycles. The maximum atomic E-state index is 13.9. The lowest BCUT2D eigenvalue weighted by Crippen LogP contribution is -2.44. The molecule has 0 bridgehead atoms. The van der Waals surface area contributed by atoms with Crippen molar-refractivity contribution in [1.82, 2.24) is 4.90 Å². The zero-order chi connectivity index (χ0) is 20.8. The highest BCUT2D eigenvalue weighted by atomic mass is 19.1. The molecule has 1 saturated heterocycles. The van der Waals surface area contributed by atoms with Gasteiger partial charge in [-0.1, -0.05) is 18.2 Å². The number of nitriles is 1. The normalized spacial score (nSPS) is 14.3. The molecule has 1 aliphatic heterocycles. The molecule has 0 aromatic heterocycles. The molecule has 9 heteroatoms. The smallest absolute Gasteiger partial charge is 0.271 e. The molecule has 2 aromatic carbocycles. The van der Waals surface area contributed by atoms with E-state index in [0.29, 0.717) is 31.9 Å². The van der Waals surface area contributed by atoms with Gasteiger partial charge in [-0.2, -0.15) is 5.26 Å². The first kappa shape index (κ1) is 19.8. The lowest BCUT2D eigenvalue weighted by Gasteiger charge is -2.35.